The highest BCUT2D eigenvalue weighted by Gasteiger charge is 2.19. The summed E-state index contributed by atoms with van der Waals surface area (Å²) in [7, 11) is 0. The van der Waals surface area contributed by atoms with Gasteiger partial charge in [-0.05, 0) is 48.5 Å². The largest absolute Gasteiger partial charge is 0.486 e. The van der Waals surface area contributed by atoms with Crippen molar-refractivity contribution in [1.29, 1.82) is 0 Å². The molecule has 138 valence electrons. The van der Waals surface area contributed by atoms with Gasteiger partial charge in [-0.3, -0.25) is 14.9 Å². The molecule has 27 heavy (non-hydrogen) atoms. The number of nitrogens with zero attached hydrogens (tertiary/aromatic N) is 1. The zero-order valence-electron chi connectivity index (χ0n) is 13.6. The van der Waals surface area contributed by atoms with Crippen LogP contribution in [-0.2, 0) is 6.61 Å². The Kier molecular flexibility index (Phi) is 5.37. The Morgan fingerprint density at radius 2 is 1.93 bits per heavy atom. The van der Waals surface area contributed by atoms with Crippen molar-refractivity contribution in [3.63, 3.8) is 0 Å². The lowest BCUT2D eigenvalue weighted by atomic mass is 10.2. The lowest BCUT2D eigenvalue weighted by Crippen LogP contribution is -2.12. The molecule has 0 aliphatic heterocycles. The minimum absolute atomic E-state index is 0.00471. The lowest BCUT2D eigenvalue weighted by molar-refractivity contribution is -0.383. The van der Waals surface area contributed by atoms with Gasteiger partial charge in [0, 0.05) is 11.1 Å². The first-order chi connectivity index (χ1) is 12.9. The zero-order valence-corrected chi connectivity index (χ0v) is 14.4. The predicted molar refractivity (Wildman–Crippen MR) is 95.5 cm³/mol. The van der Waals surface area contributed by atoms with Crippen molar-refractivity contribution in [2.75, 3.05) is 5.32 Å². The van der Waals surface area contributed by atoms with Gasteiger partial charge in [-0.1, -0.05) is 11.6 Å². The van der Waals surface area contributed by atoms with E-state index in [0.29, 0.717) is 11.5 Å². The number of nitrogens with one attached hydrogen (secondary N) is 1. The number of furan rings is 1. The molecule has 3 rings (SSSR count). The van der Waals surface area contributed by atoms with Gasteiger partial charge in [0.2, 0.25) is 0 Å². The number of rotatable bonds is 6. The third-order valence-corrected chi connectivity index (χ3v) is 3.72. The second-order valence-electron chi connectivity index (χ2n) is 5.38. The van der Waals surface area contributed by atoms with Crippen LogP contribution in [0.4, 0.5) is 15.8 Å². The molecule has 1 N–H and O–H groups in total. The molecule has 0 aliphatic rings. The average molecular weight is 391 g/mol. The fourth-order valence-electron chi connectivity index (χ4n) is 2.21. The summed E-state index contributed by atoms with van der Waals surface area (Å²) in [5.41, 5.74) is -0.336. The van der Waals surface area contributed by atoms with Gasteiger partial charge in [-0.15, -0.1) is 0 Å². The number of carbonyl (C=O) groups excluding carboxylic acids is 1. The monoisotopic (exact) mass is 390 g/mol. The van der Waals surface area contributed by atoms with E-state index in [1.807, 2.05) is 0 Å². The van der Waals surface area contributed by atoms with Crippen molar-refractivity contribution in [3.8, 4) is 5.75 Å². The molecule has 1 amide bonds. The van der Waals surface area contributed by atoms with Crippen molar-refractivity contribution < 1.29 is 23.3 Å². The van der Waals surface area contributed by atoms with Crippen LogP contribution < -0.4 is 10.1 Å². The first-order valence-corrected chi connectivity index (χ1v) is 8.02. The van der Waals surface area contributed by atoms with Crippen molar-refractivity contribution >= 4 is 28.9 Å². The van der Waals surface area contributed by atoms with Crippen LogP contribution >= 0.6 is 11.6 Å². The molecule has 7 nitrogen and oxygen atoms in total. The highest BCUT2D eigenvalue weighted by Crippen LogP contribution is 2.28. The summed E-state index contributed by atoms with van der Waals surface area (Å²) in [6, 6.07) is 12.3. The smallest absolute Gasteiger partial charge is 0.294 e. The van der Waals surface area contributed by atoms with Gasteiger partial charge in [-0.2, -0.15) is 0 Å². The highest BCUT2D eigenvalue weighted by atomic mass is 35.5. The molecule has 0 fully saturated rings. The van der Waals surface area contributed by atoms with E-state index in [1.54, 1.807) is 0 Å². The third-order valence-electron chi connectivity index (χ3n) is 3.48. The van der Waals surface area contributed by atoms with Crippen LogP contribution in [0, 0.1) is 15.9 Å². The summed E-state index contributed by atoms with van der Waals surface area (Å²) in [5, 5.41) is 13.7. The summed E-state index contributed by atoms with van der Waals surface area (Å²) in [4.78, 5) is 22.7. The molecule has 9 heteroatoms. The topological polar surface area (TPSA) is 94.6 Å². The number of nitro benzene ring substituents is 1. The van der Waals surface area contributed by atoms with Crippen molar-refractivity contribution in [1.82, 2.24) is 0 Å². The Balaban J connectivity index is 1.66. The van der Waals surface area contributed by atoms with Crippen LogP contribution in [0.2, 0.25) is 5.02 Å². The maximum Gasteiger partial charge on any atom is 0.294 e. The molecule has 1 aromatic heterocycles. The number of hydrogen-bond donors (Lipinski definition) is 1. The molecule has 0 radical (unpaired) electrons. The molecule has 3 aromatic rings. The van der Waals surface area contributed by atoms with Gasteiger partial charge in [0.25, 0.3) is 11.6 Å². The fraction of sp³-hybridized carbons (Fsp3) is 0.0556. The van der Waals surface area contributed by atoms with E-state index in [4.69, 9.17) is 20.8 Å². The summed E-state index contributed by atoms with van der Waals surface area (Å²) >= 11 is 5.74. The molecule has 0 spiro atoms. The second kappa shape index (κ2) is 7.88. The SMILES string of the molecule is O=C(Nc1ccc(Cl)cc1[N+](=O)[O-])c1ccc(COc2ccc(F)cc2)o1. The number of carbonyl (C=O) groups is 1. The van der Waals surface area contributed by atoms with Crippen LogP contribution in [0.5, 0.6) is 5.75 Å². The van der Waals surface area contributed by atoms with Crippen molar-refractivity contribution in [2.24, 2.45) is 0 Å². The molecular weight excluding hydrogens is 379 g/mol. The Morgan fingerprint density at radius 3 is 2.63 bits per heavy atom. The van der Waals surface area contributed by atoms with Crippen molar-refractivity contribution in [3.05, 3.63) is 87.1 Å². The molecule has 0 saturated heterocycles. The van der Waals surface area contributed by atoms with Crippen molar-refractivity contribution in [2.45, 2.75) is 6.61 Å². The fourth-order valence-corrected chi connectivity index (χ4v) is 2.37. The molecule has 0 aliphatic carbocycles. The normalized spacial score (nSPS) is 10.4. The molecule has 1 heterocycles. The average Bonchev–Trinajstić information content (AvgIpc) is 3.12. The van der Waals surface area contributed by atoms with Gasteiger partial charge in [0.1, 0.15) is 29.6 Å². The number of halogens is 2. The summed E-state index contributed by atoms with van der Waals surface area (Å²) in [6.07, 6.45) is 0. The number of nitro groups is 1. The van der Waals surface area contributed by atoms with Crippen LogP contribution in [0.1, 0.15) is 16.3 Å². The lowest BCUT2D eigenvalue weighted by Gasteiger charge is -2.05. The van der Waals surface area contributed by atoms with E-state index in [2.05, 4.69) is 5.32 Å². The number of ether oxygens (including phenoxy) is 1. The standard InChI is InChI=1S/C18H12ClFN2O5/c19-11-1-7-15(16(9-11)22(24)25)21-18(23)17-8-6-14(27-17)10-26-13-4-2-12(20)3-5-13/h1-9H,10H2,(H,21,23). The van der Waals surface area contributed by atoms with Gasteiger partial charge < -0.3 is 14.5 Å². The summed E-state index contributed by atoms with van der Waals surface area (Å²) in [6.45, 7) is 0.0278. The van der Waals surface area contributed by atoms with Crippen LogP contribution in [-0.4, -0.2) is 10.8 Å². The molecule has 0 bridgehead atoms. The maximum absolute atomic E-state index is 12.9. The number of benzene rings is 2. The van der Waals surface area contributed by atoms with Gasteiger partial charge in [0.05, 0.1) is 4.92 Å². The third kappa shape index (κ3) is 4.62. The molecule has 2 aromatic carbocycles. The van der Waals surface area contributed by atoms with E-state index < -0.39 is 10.8 Å². The predicted octanol–water partition coefficient (Wildman–Crippen LogP) is 4.81. The van der Waals surface area contributed by atoms with E-state index in [-0.39, 0.29) is 34.6 Å². The van der Waals surface area contributed by atoms with Crippen LogP contribution in [0.25, 0.3) is 0 Å². The van der Waals surface area contributed by atoms with Gasteiger partial charge in [-0.25, -0.2) is 4.39 Å². The molecule has 0 unspecified atom stereocenters. The van der Waals surface area contributed by atoms with Gasteiger partial charge in [0.15, 0.2) is 5.76 Å². The van der Waals surface area contributed by atoms with E-state index in [9.17, 15) is 19.3 Å². The minimum atomic E-state index is -0.659. The number of amides is 1. The first-order valence-electron chi connectivity index (χ1n) is 7.65. The van der Waals surface area contributed by atoms with Crippen LogP contribution in [0.15, 0.2) is 59.0 Å². The van der Waals surface area contributed by atoms with Gasteiger partial charge >= 0.3 is 0 Å². The Morgan fingerprint density at radius 1 is 1.19 bits per heavy atom. The van der Waals surface area contributed by atoms with E-state index >= 15 is 0 Å². The zero-order chi connectivity index (χ0) is 19.4. The molecule has 0 atom stereocenters. The van der Waals surface area contributed by atoms with E-state index in [1.165, 1.54) is 48.5 Å². The Labute approximate surface area is 157 Å². The summed E-state index contributed by atoms with van der Waals surface area (Å²) < 4.78 is 23.7. The second-order valence-corrected chi connectivity index (χ2v) is 5.82. The summed E-state index contributed by atoms with van der Waals surface area (Å²) in [5.74, 6) is -0.285. The minimum Gasteiger partial charge on any atom is -0.486 e. The highest BCUT2D eigenvalue weighted by molar-refractivity contribution is 6.31. The molecular formula is C18H12ClFN2O5. The number of anilines is 1. The Bertz CT molecular complexity index is 988. The quantitative estimate of drug-likeness (QED) is 0.481. The number of hydrogen-bond acceptors (Lipinski definition) is 5. The Hall–Kier alpha value is -3.39. The first kappa shape index (κ1) is 18.4. The van der Waals surface area contributed by atoms with Crippen LogP contribution in [0.3, 0.4) is 0 Å². The van der Waals surface area contributed by atoms with E-state index in [0.717, 1.165) is 6.07 Å². The molecule has 0 saturated carbocycles. The maximum atomic E-state index is 12.9.